The Hall–Kier alpha value is -0.890. The van der Waals surface area contributed by atoms with Gasteiger partial charge in [-0.2, -0.15) is 0 Å². The molecule has 0 aromatic heterocycles. The summed E-state index contributed by atoms with van der Waals surface area (Å²) < 4.78 is 11.2. The minimum Gasteiger partial charge on any atom is -0.394 e. The second-order valence-corrected chi connectivity index (χ2v) is 27.8. The molecule has 9 unspecified atom stereocenters. The zero-order valence-corrected chi connectivity index (χ0v) is 57.8. The number of nitrogens with one attached hydrogen (secondary N) is 1. The van der Waals surface area contributed by atoms with E-state index in [0.29, 0.717) is 19.3 Å². The van der Waals surface area contributed by atoms with Gasteiger partial charge in [0.05, 0.1) is 25.4 Å². The van der Waals surface area contributed by atoms with Crippen molar-refractivity contribution in [2.75, 3.05) is 13.2 Å². The van der Waals surface area contributed by atoms with Crippen molar-refractivity contribution in [2.24, 2.45) is 0 Å². The first-order valence-electron chi connectivity index (χ1n) is 38.9. The molecule has 9 atom stereocenters. The van der Waals surface area contributed by atoms with Crippen molar-refractivity contribution >= 4 is 5.91 Å². The maximum atomic E-state index is 13.3. The fraction of sp³-hybridized carbons (Fsp3) is 0.987. The standard InChI is InChI=1S/C76H151NO10/c1-3-5-7-9-11-13-15-17-19-21-23-25-27-29-31-33-34-35-36-38-39-41-43-45-47-49-51-53-55-57-59-61-63-68(79)71(81)67(66-86-76-74(84)73(83)72(82)70(65-78)87-76)77-75(85)69(80)64-62-60-58-56-54-52-50-48-46-44-42-40-37-32-30-28-26-24-22-20-18-16-14-12-10-8-6-4-2/h67-74,76,78-84H,3-66H2,1-2H3,(H,77,85). The lowest BCUT2D eigenvalue weighted by Crippen LogP contribution is -2.60. The predicted molar refractivity (Wildman–Crippen MR) is 367 cm³/mol. The highest BCUT2D eigenvalue weighted by Gasteiger charge is 2.44. The molecule has 0 saturated carbocycles. The Morgan fingerprint density at radius 2 is 0.598 bits per heavy atom. The molecule has 0 aliphatic carbocycles. The number of rotatable bonds is 70. The monoisotopic (exact) mass is 1240 g/mol. The van der Waals surface area contributed by atoms with E-state index in [2.05, 4.69) is 19.2 Å². The molecule has 1 aliphatic heterocycles. The summed E-state index contributed by atoms with van der Waals surface area (Å²) in [7, 11) is 0. The van der Waals surface area contributed by atoms with Gasteiger partial charge in [-0.3, -0.25) is 4.79 Å². The van der Waals surface area contributed by atoms with Crippen molar-refractivity contribution in [1.29, 1.82) is 0 Å². The summed E-state index contributed by atoms with van der Waals surface area (Å²) in [5, 5.41) is 76.7. The summed E-state index contributed by atoms with van der Waals surface area (Å²) >= 11 is 0. The van der Waals surface area contributed by atoms with E-state index in [-0.39, 0.29) is 6.42 Å². The molecular weight excluding hydrogens is 1090 g/mol. The van der Waals surface area contributed by atoms with Crippen LogP contribution in [0.25, 0.3) is 0 Å². The van der Waals surface area contributed by atoms with Gasteiger partial charge in [0.15, 0.2) is 6.29 Å². The molecular formula is C76H151NO10. The molecule has 1 amide bonds. The highest BCUT2D eigenvalue weighted by Crippen LogP contribution is 2.25. The predicted octanol–water partition coefficient (Wildman–Crippen LogP) is 19.6. The van der Waals surface area contributed by atoms with Crippen LogP contribution in [0.4, 0.5) is 0 Å². The first-order valence-corrected chi connectivity index (χ1v) is 38.9. The van der Waals surface area contributed by atoms with Gasteiger partial charge in [0.25, 0.3) is 0 Å². The number of amides is 1. The van der Waals surface area contributed by atoms with Gasteiger partial charge in [0.2, 0.25) is 5.91 Å². The number of hydrogen-bond acceptors (Lipinski definition) is 10. The van der Waals surface area contributed by atoms with Gasteiger partial charge in [0.1, 0.15) is 36.6 Å². The van der Waals surface area contributed by atoms with Crippen molar-refractivity contribution < 1.29 is 50.0 Å². The Labute approximate surface area is 539 Å². The van der Waals surface area contributed by atoms with Crippen LogP contribution in [-0.4, -0.2) is 110 Å². The van der Waals surface area contributed by atoms with E-state index in [4.69, 9.17) is 9.47 Å². The Morgan fingerprint density at radius 3 is 0.851 bits per heavy atom. The summed E-state index contributed by atoms with van der Waals surface area (Å²) in [6, 6.07) is -1.17. The van der Waals surface area contributed by atoms with Crippen molar-refractivity contribution in [3.05, 3.63) is 0 Å². The molecule has 87 heavy (non-hydrogen) atoms. The summed E-state index contributed by atoms with van der Waals surface area (Å²) in [5.74, 6) is -0.685. The van der Waals surface area contributed by atoms with E-state index < -0.39 is 74.2 Å². The summed E-state index contributed by atoms with van der Waals surface area (Å²) in [5.41, 5.74) is 0. The third kappa shape index (κ3) is 52.2. The van der Waals surface area contributed by atoms with Crippen molar-refractivity contribution in [3.63, 3.8) is 0 Å². The molecule has 0 radical (unpaired) electrons. The van der Waals surface area contributed by atoms with Crippen LogP contribution in [0.15, 0.2) is 0 Å². The van der Waals surface area contributed by atoms with Crippen molar-refractivity contribution in [2.45, 2.75) is 467 Å². The Bertz CT molecular complexity index is 1380. The molecule has 11 nitrogen and oxygen atoms in total. The van der Waals surface area contributed by atoms with Gasteiger partial charge in [-0.15, -0.1) is 0 Å². The van der Waals surface area contributed by atoms with Crippen LogP contribution in [0.5, 0.6) is 0 Å². The molecule has 11 heteroatoms. The second-order valence-electron chi connectivity index (χ2n) is 27.8. The van der Waals surface area contributed by atoms with Crippen LogP contribution < -0.4 is 5.32 Å². The van der Waals surface area contributed by atoms with E-state index in [1.807, 2.05) is 0 Å². The number of hydrogen-bond donors (Lipinski definition) is 8. The van der Waals surface area contributed by atoms with Gasteiger partial charge in [0, 0.05) is 0 Å². The molecule has 0 aromatic carbocycles. The summed E-state index contributed by atoms with van der Waals surface area (Å²) in [4.78, 5) is 13.3. The minimum atomic E-state index is -1.66. The summed E-state index contributed by atoms with van der Waals surface area (Å²) in [6.07, 6.45) is 69.2. The Balaban J connectivity index is 2.13. The number of carbonyl (C=O) groups is 1. The molecule has 1 heterocycles. The lowest BCUT2D eigenvalue weighted by Gasteiger charge is -2.40. The van der Waals surface area contributed by atoms with Crippen molar-refractivity contribution in [1.82, 2.24) is 5.32 Å². The third-order valence-electron chi connectivity index (χ3n) is 19.4. The van der Waals surface area contributed by atoms with Crippen LogP contribution in [0, 0.1) is 0 Å². The lowest BCUT2D eigenvalue weighted by atomic mass is 9.98. The molecule has 0 aromatic rings. The molecule has 520 valence electrons. The fourth-order valence-corrected chi connectivity index (χ4v) is 13.2. The Morgan fingerprint density at radius 1 is 0.356 bits per heavy atom. The number of ether oxygens (including phenoxy) is 2. The first kappa shape index (κ1) is 84.1. The molecule has 1 rings (SSSR count). The molecule has 1 saturated heterocycles. The number of aliphatic hydroxyl groups excluding tert-OH is 7. The van der Waals surface area contributed by atoms with Gasteiger partial charge in [-0.05, 0) is 12.8 Å². The van der Waals surface area contributed by atoms with E-state index >= 15 is 0 Å². The van der Waals surface area contributed by atoms with E-state index in [1.54, 1.807) is 0 Å². The average molecular weight is 1240 g/mol. The van der Waals surface area contributed by atoms with Crippen LogP contribution >= 0.6 is 0 Å². The maximum Gasteiger partial charge on any atom is 0.249 e. The second kappa shape index (κ2) is 65.2. The molecule has 1 fully saturated rings. The zero-order chi connectivity index (χ0) is 63.1. The average Bonchev–Trinajstić information content (AvgIpc) is 1.97. The summed E-state index contributed by atoms with van der Waals surface area (Å²) in [6.45, 7) is 3.54. The third-order valence-corrected chi connectivity index (χ3v) is 19.4. The van der Waals surface area contributed by atoms with Gasteiger partial charge >= 0.3 is 0 Å². The minimum absolute atomic E-state index is 0.268. The topological polar surface area (TPSA) is 189 Å². The highest BCUT2D eigenvalue weighted by atomic mass is 16.7. The molecule has 0 bridgehead atoms. The maximum absolute atomic E-state index is 13.3. The lowest BCUT2D eigenvalue weighted by molar-refractivity contribution is -0.303. The van der Waals surface area contributed by atoms with Crippen LogP contribution in [-0.2, 0) is 14.3 Å². The Kier molecular flexibility index (Phi) is 63.0. The quantitative estimate of drug-likeness (QED) is 0.0272. The van der Waals surface area contributed by atoms with Gasteiger partial charge in [-0.1, -0.05) is 399 Å². The van der Waals surface area contributed by atoms with Crippen molar-refractivity contribution in [3.8, 4) is 0 Å². The smallest absolute Gasteiger partial charge is 0.249 e. The van der Waals surface area contributed by atoms with Crippen LogP contribution in [0.1, 0.15) is 412 Å². The highest BCUT2D eigenvalue weighted by molar-refractivity contribution is 5.80. The van der Waals surface area contributed by atoms with E-state index in [1.165, 1.54) is 334 Å². The first-order chi connectivity index (χ1) is 42.7. The van der Waals surface area contributed by atoms with Gasteiger partial charge < -0.3 is 50.5 Å². The van der Waals surface area contributed by atoms with E-state index in [0.717, 1.165) is 38.5 Å². The molecule has 1 aliphatic rings. The zero-order valence-electron chi connectivity index (χ0n) is 57.8. The number of aliphatic hydroxyl groups is 7. The molecule has 8 N–H and O–H groups in total. The van der Waals surface area contributed by atoms with Crippen LogP contribution in [0.3, 0.4) is 0 Å². The molecule has 0 spiro atoms. The largest absolute Gasteiger partial charge is 0.394 e. The fourth-order valence-electron chi connectivity index (χ4n) is 13.2. The number of unbranched alkanes of at least 4 members (excludes halogenated alkanes) is 58. The van der Waals surface area contributed by atoms with Crippen LogP contribution in [0.2, 0.25) is 0 Å². The number of carbonyl (C=O) groups excluding carboxylic acids is 1. The van der Waals surface area contributed by atoms with Gasteiger partial charge in [-0.25, -0.2) is 0 Å². The SMILES string of the molecule is CCCCCCCCCCCCCCCCCCCCCCCCCCCCCCCCCCC(O)C(O)C(COC1OC(CO)C(O)C(O)C1O)NC(=O)C(O)CCCCCCCCCCCCCCCCCCCCCCCCCCCCCC. The van der Waals surface area contributed by atoms with E-state index in [9.17, 15) is 40.5 Å². The normalized spacial score (nSPS) is 18.6.